The molecule has 0 amide bonds. The van der Waals surface area contributed by atoms with E-state index in [1.807, 2.05) is 31.3 Å². The summed E-state index contributed by atoms with van der Waals surface area (Å²) in [6.45, 7) is 0. The van der Waals surface area contributed by atoms with Gasteiger partial charge in [-0.25, -0.2) is 0 Å². The molecule has 0 aliphatic carbocycles. The van der Waals surface area contributed by atoms with E-state index in [1.165, 1.54) is 0 Å². The van der Waals surface area contributed by atoms with Crippen molar-refractivity contribution in [1.29, 1.82) is 0 Å². The van der Waals surface area contributed by atoms with Gasteiger partial charge in [-0.1, -0.05) is 33.6 Å². The van der Waals surface area contributed by atoms with E-state index in [0.717, 1.165) is 29.9 Å². The van der Waals surface area contributed by atoms with Crippen molar-refractivity contribution in [2.75, 3.05) is 14.2 Å². The molecular formula is C15H14BrClINO. The molecule has 1 N–H and O–H groups in total. The van der Waals surface area contributed by atoms with E-state index in [-0.39, 0.29) is 6.04 Å². The molecule has 0 saturated carbocycles. The summed E-state index contributed by atoms with van der Waals surface area (Å²) in [5, 5.41) is 4.08. The molecule has 2 aromatic carbocycles. The minimum Gasteiger partial charge on any atom is -0.496 e. The van der Waals surface area contributed by atoms with Gasteiger partial charge in [-0.05, 0) is 65.5 Å². The quantitative estimate of drug-likeness (QED) is 0.639. The molecule has 0 aromatic heterocycles. The van der Waals surface area contributed by atoms with Gasteiger partial charge in [0.2, 0.25) is 0 Å². The molecule has 2 aromatic rings. The van der Waals surface area contributed by atoms with Crippen molar-refractivity contribution in [2.24, 2.45) is 0 Å². The van der Waals surface area contributed by atoms with Crippen LogP contribution in [0.5, 0.6) is 5.75 Å². The van der Waals surface area contributed by atoms with E-state index in [4.69, 9.17) is 16.3 Å². The molecular weight excluding hydrogens is 452 g/mol. The zero-order chi connectivity index (χ0) is 14.7. The lowest BCUT2D eigenvalue weighted by Gasteiger charge is -2.20. The molecule has 0 heterocycles. The van der Waals surface area contributed by atoms with Crippen molar-refractivity contribution in [1.82, 2.24) is 5.32 Å². The first-order chi connectivity index (χ1) is 9.56. The highest BCUT2D eigenvalue weighted by Crippen LogP contribution is 2.33. The van der Waals surface area contributed by atoms with Crippen LogP contribution in [0.4, 0.5) is 0 Å². The summed E-state index contributed by atoms with van der Waals surface area (Å²) in [5.41, 5.74) is 2.18. The second kappa shape index (κ2) is 7.11. The highest BCUT2D eigenvalue weighted by atomic mass is 127. The smallest absolute Gasteiger partial charge is 0.124 e. The average molecular weight is 467 g/mol. The summed E-state index contributed by atoms with van der Waals surface area (Å²) in [7, 11) is 3.61. The average Bonchev–Trinajstić information content (AvgIpc) is 2.44. The maximum Gasteiger partial charge on any atom is 0.124 e. The second-order valence-electron chi connectivity index (χ2n) is 4.28. The zero-order valence-corrected chi connectivity index (χ0v) is 15.6. The Bertz CT molecular complexity index is 621. The third-order valence-electron chi connectivity index (χ3n) is 3.07. The zero-order valence-electron chi connectivity index (χ0n) is 11.1. The summed E-state index contributed by atoms with van der Waals surface area (Å²) in [6, 6.07) is 12.1. The topological polar surface area (TPSA) is 21.3 Å². The van der Waals surface area contributed by atoms with Crippen LogP contribution in [0.2, 0.25) is 5.02 Å². The third kappa shape index (κ3) is 3.47. The monoisotopic (exact) mass is 465 g/mol. The van der Waals surface area contributed by atoms with E-state index in [2.05, 4.69) is 56.0 Å². The highest BCUT2D eigenvalue weighted by molar-refractivity contribution is 14.1. The number of nitrogens with one attached hydrogen (secondary N) is 1. The van der Waals surface area contributed by atoms with Crippen molar-refractivity contribution >= 4 is 50.1 Å². The molecule has 0 aliphatic heterocycles. The van der Waals surface area contributed by atoms with E-state index in [1.54, 1.807) is 7.11 Å². The van der Waals surface area contributed by atoms with Crippen molar-refractivity contribution in [3.8, 4) is 5.75 Å². The van der Waals surface area contributed by atoms with Crippen molar-refractivity contribution < 1.29 is 4.74 Å². The number of benzene rings is 2. The van der Waals surface area contributed by atoms with Gasteiger partial charge in [-0.3, -0.25) is 0 Å². The van der Waals surface area contributed by atoms with Crippen LogP contribution in [0.3, 0.4) is 0 Å². The fraction of sp³-hybridized carbons (Fsp3) is 0.200. The van der Waals surface area contributed by atoms with Gasteiger partial charge in [0.05, 0.1) is 18.2 Å². The van der Waals surface area contributed by atoms with Gasteiger partial charge in [0.1, 0.15) is 5.75 Å². The standard InChI is InChI=1S/C15H14BrClINO/c1-19-15(9-3-5-13(18)12(17)7-9)11-8-10(16)4-6-14(11)20-2/h3-8,15,19H,1-2H3. The van der Waals surface area contributed by atoms with Crippen molar-refractivity contribution in [2.45, 2.75) is 6.04 Å². The number of halogens is 3. The molecule has 0 bridgehead atoms. The molecule has 0 fully saturated rings. The number of hydrogen-bond acceptors (Lipinski definition) is 2. The Kier molecular flexibility index (Phi) is 5.72. The van der Waals surface area contributed by atoms with Gasteiger partial charge in [-0.2, -0.15) is 0 Å². The molecule has 106 valence electrons. The molecule has 20 heavy (non-hydrogen) atoms. The van der Waals surface area contributed by atoms with Crippen LogP contribution in [-0.2, 0) is 0 Å². The highest BCUT2D eigenvalue weighted by Gasteiger charge is 2.17. The number of methoxy groups -OCH3 is 1. The van der Waals surface area contributed by atoms with Crippen LogP contribution < -0.4 is 10.1 Å². The lowest BCUT2D eigenvalue weighted by molar-refractivity contribution is 0.405. The molecule has 0 saturated heterocycles. The Morgan fingerprint density at radius 2 is 2.00 bits per heavy atom. The minimum absolute atomic E-state index is 0.0250. The fourth-order valence-corrected chi connectivity index (χ4v) is 3.03. The first kappa shape index (κ1) is 16.1. The first-order valence-electron chi connectivity index (χ1n) is 6.02. The van der Waals surface area contributed by atoms with E-state index < -0.39 is 0 Å². The molecule has 1 unspecified atom stereocenters. The Morgan fingerprint density at radius 1 is 1.25 bits per heavy atom. The molecule has 2 rings (SSSR count). The van der Waals surface area contributed by atoms with E-state index in [0.29, 0.717) is 0 Å². The summed E-state index contributed by atoms with van der Waals surface area (Å²) in [5.74, 6) is 0.849. The van der Waals surface area contributed by atoms with E-state index >= 15 is 0 Å². The molecule has 2 nitrogen and oxygen atoms in total. The van der Waals surface area contributed by atoms with Gasteiger partial charge < -0.3 is 10.1 Å². The van der Waals surface area contributed by atoms with Crippen LogP contribution in [0.15, 0.2) is 40.9 Å². The van der Waals surface area contributed by atoms with Crippen LogP contribution >= 0.6 is 50.1 Å². The molecule has 0 aliphatic rings. The van der Waals surface area contributed by atoms with Crippen molar-refractivity contribution in [3.05, 3.63) is 60.6 Å². The number of hydrogen-bond donors (Lipinski definition) is 1. The largest absolute Gasteiger partial charge is 0.496 e. The Morgan fingerprint density at radius 3 is 2.60 bits per heavy atom. The lowest BCUT2D eigenvalue weighted by atomic mass is 9.98. The van der Waals surface area contributed by atoms with Crippen LogP contribution in [0.1, 0.15) is 17.2 Å². The van der Waals surface area contributed by atoms with Gasteiger partial charge in [0, 0.05) is 13.6 Å². The predicted molar refractivity (Wildman–Crippen MR) is 95.8 cm³/mol. The normalized spacial score (nSPS) is 12.2. The maximum absolute atomic E-state index is 6.23. The molecule has 0 spiro atoms. The predicted octanol–water partition coefficient (Wildman–Crippen LogP) is 5.02. The Balaban J connectivity index is 2.51. The van der Waals surface area contributed by atoms with Crippen LogP contribution in [0.25, 0.3) is 0 Å². The fourth-order valence-electron chi connectivity index (χ4n) is 2.12. The number of ether oxygens (including phenoxy) is 1. The van der Waals surface area contributed by atoms with Gasteiger partial charge in [-0.15, -0.1) is 0 Å². The van der Waals surface area contributed by atoms with Crippen molar-refractivity contribution in [3.63, 3.8) is 0 Å². The Labute approximate surface area is 146 Å². The van der Waals surface area contributed by atoms with Crippen LogP contribution in [0, 0.1) is 3.57 Å². The second-order valence-corrected chi connectivity index (χ2v) is 6.77. The maximum atomic E-state index is 6.23. The summed E-state index contributed by atoms with van der Waals surface area (Å²) < 4.78 is 7.53. The van der Waals surface area contributed by atoms with Gasteiger partial charge in [0.25, 0.3) is 0 Å². The molecule has 5 heteroatoms. The first-order valence-corrected chi connectivity index (χ1v) is 8.27. The summed E-state index contributed by atoms with van der Waals surface area (Å²) in [6.07, 6.45) is 0. The molecule has 1 atom stereocenters. The minimum atomic E-state index is 0.0250. The third-order valence-corrected chi connectivity index (χ3v) is 5.13. The summed E-state index contributed by atoms with van der Waals surface area (Å²) in [4.78, 5) is 0. The van der Waals surface area contributed by atoms with Gasteiger partial charge in [0.15, 0.2) is 0 Å². The SMILES string of the molecule is CNC(c1ccc(I)c(Cl)c1)c1cc(Br)ccc1OC. The number of rotatable bonds is 4. The molecule has 0 radical (unpaired) electrons. The van der Waals surface area contributed by atoms with Gasteiger partial charge >= 0.3 is 0 Å². The lowest BCUT2D eigenvalue weighted by Crippen LogP contribution is -2.18. The Hall–Kier alpha value is -0.300. The van der Waals surface area contributed by atoms with Crippen LogP contribution in [-0.4, -0.2) is 14.2 Å². The summed E-state index contributed by atoms with van der Waals surface area (Å²) >= 11 is 12.0. The van der Waals surface area contributed by atoms with E-state index in [9.17, 15) is 0 Å².